The van der Waals surface area contributed by atoms with Gasteiger partial charge >= 0.3 is 0 Å². The second-order valence-corrected chi connectivity index (χ2v) is 8.78. The van der Waals surface area contributed by atoms with Crippen LogP contribution in [0.15, 0.2) is 39.6 Å². The number of nitrogens with one attached hydrogen (secondary N) is 1. The van der Waals surface area contributed by atoms with Crippen LogP contribution in [0.4, 0.5) is 4.39 Å². The summed E-state index contributed by atoms with van der Waals surface area (Å²) in [6.07, 6.45) is 0.912. The minimum absolute atomic E-state index is 0.104. The van der Waals surface area contributed by atoms with E-state index in [0.29, 0.717) is 39.1 Å². The lowest BCUT2D eigenvalue weighted by molar-refractivity contribution is -0.118. The Morgan fingerprint density at radius 2 is 2.14 bits per heavy atom. The fourth-order valence-corrected chi connectivity index (χ4v) is 4.27. The first-order valence-corrected chi connectivity index (χ1v) is 10.9. The molecule has 2 aromatic heterocycles. The van der Waals surface area contributed by atoms with Gasteiger partial charge in [-0.2, -0.15) is 0 Å². The van der Waals surface area contributed by atoms with Crippen molar-refractivity contribution in [3.8, 4) is 5.69 Å². The molecule has 3 aromatic rings. The third-order valence-corrected chi connectivity index (χ3v) is 6.06. The number of hydrogen-bond acceptors (Lipinski definition) is 5. The first-order chi connectivity index (χ1) is 13.4. The summed E-state index contributed by atoms with van der Waals surface area (Å²) in [7, 11) is 0. The highest BCUT2D eigenvalue weighted by Crippen LogP contribution is 2.24. The number of aryl methyl sites for hydroxylation is 1. The molecule has 28 heavy (non-hydrogen) atoms. The highest BCUT2D eigenvalue weighted by Gasteiger charge is 2.16. The van der Waals surface area contributed by atoms with E-state index in [1.807, 2.05) is 5.38 Å². The van der Waals surface area contributed by atoms with Crippen molar-refractivity contribution in [3.63, 3.8) is 0 Å². The Bertz CT molecular complexity index is 1060. The number of thioether (sulfide) groups is 1. The van der Waals surface area contributed by atoms with E-state index in [1.165, 1.54) is 33.7 Å². The lowest BCUT2D eigenvalue weighted by Crippen LogP contribution is -2.27. The highest BCUT2D eigenvalue weighted by atomic mass is 32.2. The molecule has 0 aliphatic rings. The number of benzene rings is 1. The molecule has 5 nitrogen and oxygen atoms in total. The molecule has 0 radical (unpaired) electrons. The molecule has 0 spiro atoms. The maximum Gasteiger partial charge on any atom is 0.276 e. The quantitative estimate of drug-likeness (QED) is 0.462. The number of aromatic nitrogens is 2. The predicted molar refractivity (Wildman–Crippen MR) is 113 cm³/mol. The maximum atomic E-state index is 13.7. The summed E-state index contributed by atoms with van der Waals surface area (Å²) in [5.41, 5.74) is 1.37. The van der Waals surface area contributed by atoms with Crippen molar-refractivity contribution < 1.29 is 9.18 Å². The van der Waals surface area contributed by atoms with Crippen LogP contribution in [-0.2, 0) is 4.79 Å². The molecule has 2 heterocycles. The molecule has 0 saturated carbocycles. The summed E-state index contributed by atoms with van der Waals surface area (Å²) >= 11 is 2.52. The van der Waals surface area contributed by atoms with E-state index in [-0.39, 0.29) is 23.0 Å². The van der Waals surface area contributed by atoms with Gasteiger partial charge in [-0.25, -0.2) is 9.37 Å². The number of hydrogen-bond donors (Lipinski definition) is 1. The van der Waals surface area contributed by atoms with Crippen LogP contribution in [0, 0.1) is 18.7 Å². The fourth-order valence-electron chi connectivity index (χ4n) is 2.67. The normalized spacial score (nSPS) is 11.3. The Balaban J connectivity index is 1.91. The van der Waals surface area contributed by atoms with Crippen molar-refractivity contribution in [1.29, 1.82) is 0 Å². The van der Waals surface area contributed by atoms with Crippen LogP contribution in [0.2, 0.25) is 0 Å². The van der Waals surface area contributed by atoms with Gasteiger partial charge in [0.05, 0.1) is 17.0 Å². The number of carbonyl (C=O) groups excluding carboxylic acids is 1. The lowest BCUT2D eigenvalue weighted by Gasteiger charge is -2.13. The van der Waals surface area contributed by atoms with Crippen molar-refractivity contribution in [2.45, 2.75) is 32.3 Å². The topological polar surface area (TPSA) is 64.0 Å². The monoisotopic (exact) mass is 419 g/mol. The molecule has 0 aliphatic carbocycles. The summed E-state index contributed by atoms with van der Waals surface area (Å²) in [5.74, 6) is 0.232. The standard InChI is InChI=1S/C20H22FN3O2S2/c1-12(2)6-8-22-17(25)11-28-20-23-16-7-9-27-18(16)19(26)24(20)14-4-5-15(21)13(3)10-14/h4-5,7,9-10,12H,6,8,11H2,1-3H3,(H,22,25). The van der Waals surface area contributed by atoms with Gasteiger partial charge in [0.1, 0.15) is 10.5 Å². The SMILES string of the molecule is Cc1cc(-n2c(SCC(=O)NCCC(C)C)nc3ccsc3c2=O)ccc1F. The number of fused-ring (bicyclic) bond motifs is 1. The third-order valence-electron chi connectivity index (χ3n) is 4.23. The van der Waals surface area contributed by atoms with Crippen LogP contribution in [0.25, 0.3) is 15.9 Å². The van der Waals surface area contributed by atoms with Gasteiger partial charge in [0.15, 0.2) is 5.16 Å². The number of amides is 1. The molecular weight excluding hydrogens is 397 g/mol. The van der Waals surface area contributed by atoms with Crippen molar-refractivity contribution in [2.75, 3.05) is 12.3 Å². The van der Waals surface area contributed by atoms with Gasteiger partial charge in [0.25, 0.3) is 5.56 Å². The molecule has 0 unspecified atom stereocenters. The van der Waals surface area contributed by atoms with Gasteiger partial charge in [-0.05, 0) is 54.5 Å². The molecule has 0 aliphatic heterocycles. The van der Waals surface area contributed by atoms with Crippen LogP contribution in [0.3, 0.4) is 0 Å². The average molecular weight is 420 g/mol. The second-order valence-electron chi connectivity index (χ2n) is 6.92. The van der Waals surface area contributed by atoms with Crippen LogP contribution in [-0.4, -0.2) is 27.8 Å². The number of halogens is 1. The number of thiophene rings is 1. The Labute approximate surface area is 171 Å². The van der Waals surface area contributed by atoms with E-state index in [0.717, 1.165) is 6.42 Å². The zero-order chi connectivity index (χ0) is 20.3. The molecule has 1 aromatic carbocycles. The third kappa shape index (κ3) is 4.62. The van der Waals surface area contributed by atoms with Gasteiger partial charge in [-0.15, -0.1) is 11.3 Å². The largest absolute Gasteiger partial charge is 0.355 e. The van der Waals surface area contributed by atoms with E-state index in [9.17, 15) is 14.0 Å². The summed E-state index contributed by atoms with van der Waals surface area (Å²) in [4.78, 5) is 29.7. The van der Waals surface area contributed by atoms with Gasteiger partial charge in [0.2, 0.25) is 5.91 Å². The molecule has 0 fully saturated rings. The first kappa shape index (κ1) is 20.5. The van der Waals surface area contributed by atoms with Crippen molar-refractivity contribution in [2.24, 2.45) is 5.92 Å². The van der Waals surface area contributed by atoms with E-state index in [1.54, 1.807) is 25.1 Å². The predicted octanol–water partition coefficient (Wildman–Crippen LogP) is 4.15. The first-order valence-electron chi connectivity index (χ1n) is 9.03. The van der Waals surface area contributed by atoms with Gasteiger partial charge < -0.3 is 5.32 Å². The van der Waals surface area contributed by atoms with Crippen LogP contribution < -0.4 is 10.9 Å². The van der Waals surface area contributed by atoms with E-state index in [2.05, 4.69) is 24.1 Å². The molecule has 1 N–H and O–H groups in total. The van der Waals surface area contributed by atoms with Crippen molar-refractivity contribution in [1.82, 2.24) is 14.9 Å². The van der Waals surface area contributed by atoms with E-state index < -0.39 is 0 Å². The molecule has 3 rings (SSSR count). The summed E-state index contributed by atoms with van der Waals surface area (Å²) in [5, 5.41) is 5.11. The van der Waals surface area contributed by atoms with Crippen LogP contribution in [0.1, 0.15) is 25.8 Å². The minimum atomic E-state index is -0.333. The summed E-state index contributed by atoms with van der Waals surface area (Å²) < 4.78 is 15.7. The van der Waals surface area contributed by atoms with Gasteiger partial charge in [-0.3, -0.25) is 14.2 Å². The molecule has 0 saturated heterocycles. The van der Waals surface area contributed by atoms with E-state index in [4.69, 9.17) is 0 Å². The number of rotatable bonds is 7. The summed E-state index contributed by atoms with van der Waals surface area (Å²) in [6, 6.07) is 6.29. The van der Waals surface area contributed by atoms with Gasteiger partial charge in [0, 0.05) is 6.54 Å². The molecule has 8 heteroatoms. The Kier molecular flexibility index (Phi) is 6.51. The van der Waals surface area contributed by atoms with Crippen LogP contribution >= 0.6 is 23.1 Å². The average Bonchev–Trinajstić information content (AvgIpc) is 3.11. The van der Waals surface area contributed by atoms with Crippen molar-refractivity contribution in [3.05, 3.63) is 51.4 Å². The summed E-state index contributed by atoms with van der Waals surface area (Å²) in [6.45, 7) is 6.47. The Hall–Kier alpha value is -2.19. The number of carbonyl (C=O) groups is 1. The molecule has 1 amide bonds. The van der Waals surface area contributed by atoms with Gasteiger partial charge in [-0.1, -0.05) is 25.6 Å². The lowest BCUT2D eigenvalue weighted by atomic mass is 10.1. The van der Waals surface area contributed by atoms with E-state index >= 15 is 0 Å². The van der Waals surface area contributed by atoms with Crippen molar-refractivity contribution >= 4 is 39.2 Å². The minimum Gasteiger partial charge on any atom is -0.355 e. The maximum absolute atomic E-state index is 13.7. The van der Waals surface area contributed by atoms with Crippen LogP contribution in [0.5, 0.6) is 0 Å². The number of nitrogens with zero attached hydrogens (tertiary/aromatic N) is 2. The molecule has 148 valence electrons. The smallest absolute Gasteiger partial charge is 0.276 e. The zero-order valence-corrected chi connectivity index (χ0v) is 17.6. The Morgan fingerprint density at radius 3 is 2.86 bits per heavy atom. The molecule has 0 atom stereocenters. The zero-order valence-electron chi connectivity index (χ0n) is 16.0. The molecule has 0 bridgehead atoms. The Morgan fingerprint density at radius 1 is 1.36 bits per heavy atom. The fraction of sp³-hybridized carbons (Fsp3) is 0.350. The second kappa shape index (κ2) is 8.87. The highest BCUT2D eigenvalue weighted by molar-refractivity contribution is 7.99. The molecular formula is C20H22FN3O2S2.